The monoisotopic (exact) mass is 256 g/mol. The zero-order chi connectivity index (χ0) is 13.4. The number of pyridine rings is 1. The number of anilines is 1. The summed E-state index contributed by atoms with van der Waals surface area (Å²) < 4.78 is 0. The van der Waals surface area contributed by atoms with Crippen LogP contribution < -0.4 is 5.32 Å². The van der Waals surface area contributed by atoms with Gasteiger partial charge in [0.05, 0.1) is 17.4 Å². The van der Waals surface area contributed by atoms with E-state index >= 15 is 0 Å². The summed E-state index contributed by atoms with van der Waals surface area (Å²) in [6.07, 6.45) is 2.14. The number of benzene rings is 1. The van der Waals surface area contributed by atoms with Gasteiger partial charge in [-0.3, -0.25) is 14.6 Å². The highest BCUT2D eigenvalue weighted by Crippen LogP contribution is 2.39. The summed E-state index contributed by atoms with van der Waals surface area (Å²) in [7, 11) is 0. The molecule has 1 aliphatic carbocycles. The van der Waals surface area contributed by atoms with E-state index in [9.17, 15) is 9.59 Å². The summed E-state index contributed by atoms with van der Waals surface area (Å²) >= 11 is 0. The van der Waals surface area contributed by atoms with E-state index in [2.05, 4.69) is 10.3 Å². The van der Waals surface area contributed by atoms with Crippen LogP contribution in [0.1, 0.15) is 6.42 Å². The third-order valence-electron chi connectivity index (χ3n) is 3.31. The normalized spacial score (nSPS) is 21.1. The first-order valence-corrected chi connectivity index (χ1v) is 6.03. The lowest BCUT2D eigenvalue weighted by Gasteiger charge is -2.05. The van der Waals surface area contributed by atoms with Crippen molar-refractivity contribution in [1.29, 1.82) is 0 Å². The van der Waals surface area contributed by atoms with Crippen LogP contribution >= 0.6 is 0 Å². The topological polar surface area (TPSA) is 79.3 Å². The molecule has 19 heavy (non-hydrogen) atoms. The molecule has 1 amide bonds. The van der Waals surface area contributed by atoms with Gasteiger partial charge in [-0.1, -0.05) is 6.07 Å². The minimum atomic E-state index is -0.900. The molecule has 5 heteroatoms. The molecule has 0 radical (unpaired) electrons. The average molecular weight is 256 g/mol. The SMILES string of the molecule is O=C(O)[C@@H]1C[C@H]1C(=O)Nc1ccc2ncccc2c1. The molecule has 1 aliphatic rings. The Morgan fingerprint density at radius 2 is 2.11 bits per heavy atom. The maximum atomic E-state index is 11.8. The number of nitrogens with zero attached hydrogens (tertiary/aromatic N) is 1. The molecule has 1 fully saturated rings. The molecule has 0 saturated heterocycles. The van der Waals surface area contributed by atoms with Crippen molar-refractivity contribution in [2.45, 2.75) is 6.42 Å². The van der Waals surface area contributed by atoms with Crippen LogP contribution in [0.3, 0.4) is 0 Å². The Morgan fingerprint density at radius 3 is 2.84 bits per heavy atom. The highest BCUT2D eigenvalue weighted by Gasteiger charge is 2.48. The quantitative estimate of drug-likeness (QED) is 0.879. The van der Waals surface area contributed by atoms with Gasteiger partial charge in [0.1, 0.15) is 0 Å². The molecule has 3 rings (SSSR count). The van der Waals surface area contributed by atoms with Crippen molar-refractivity contribution < 1.29 is 14.7 Å². The Kier molecular flexibility index (Phi) is 2.67. The van der Waals surface area contributed by atoms with Crippen LogP contribution in [0.25, 0.3) is 10.9 Å². The Morgan fingerprint density at radius 1 is 1.26 bits per heavy atom. The Labute approximate surface area is 109 Å². The van der Waals surface area contributed by atoms with E-state index < -0.39 is 17.8 Å². The highest BCUT2D eigenvalue weighted by atomic mass is 16.4. The Bertz CT molecular complexity index is 669. The third kappa shape index (κ3) is 2.27. The second-order valence-electron chi connectivity index (χ2n) is 4.69. The molecule has 1 aromatic carbocycles. The van der Waals surface area contributed by atoms with Gasteiger partial charge < -0.3 is 10.4 Å². The van der Waals surface area contributed by atoms with Crippen molar-refractivity contribution in [3.8, 4) is 0 Å². The molecule has 0 spiro atoms. The highest BCUT2D eigenvalue weighted by molar-refractivity contribution is 5.99. The summed E-state index contributed by atoms with van der Waals surface area (Å²) in [5.74, 6) is -2.05. The van der Waals surface area contributed by atoms with Gasteiger partial charge in [-0.05, 0) is 30.7 Å². The molecular formula is C14H12N2O3. The van der Waals surface area contributed by atoms with Gasteiger partial charge in [0.25, 0.3) is 0 Å². The van der Waals surface area contributed by atoms with Gasteiger partial charge in [-0.25, -0.2) is 0 Å². The van der Waals surface area contributed by atoms with Crippen LogP contribution in [0.5, 0.6) is 0 Å². The molecule has 96 valence electrons. The van der Waals surface area contributed by atoms with Crippen molar-refractivity contribution in [2.24, 2.45) is 11.8 Å². The lowest BCUT2D eigenvalue weighted by Crippen LogP contribution is -2.16. The molecule has 2 aromatic rings. The van der Waals surface area contributed by atoms with E-state index in [1.165, 1.54) is 0 Å². The predicted octanol–water partition coefficient (Wildman–Crippen LogP) is 1.89. The standard InChI is InChI=1S/C14H12N2O3/c17-13(10-7-11(10)14(18)19)16-9-3-4-12-8(6-9)2-1-5-15-12/h1-6,10-11H,7H2,(H,16,17)(H,18,19)/t10-,11-/m1/s1. The van der Waals surface area contributed by atoms with Gasteiger partial charge >= 0.3 is 5.97 Å². The summed E-state index contributed by atoms with van der Waals surface area (Å²) in [5.41, 5.74) is 1.52. The number of hydrogen-bond acceptors (Lipinski definition) is 3. The van der Waals surface area contributed by atoms with E-state index in [0.29, 0.717) is 12.1 Å². The molecule has 1 heterocycles. The van der Waals surface area contributed by atoms with E-state index in [4.69, 9.17) is 5.11 Å². The van der Waals surface area contributed by atoms with Gasteiger partial charge in [0, 0.05) is 17.3 Å². The molecule has 0 unspecified atom stereocenters. The Hall–Kier alpha value is -2.43. The number of carbonyl (C=O) groups is 2. The second-order valence-corrected chi connectivity index (χ2v) is 4.69. The lowest BCUT2D eigenvalue weighted by atomic mass is 10.2. The molecular weight excluding hydrogens is 244 g/mol. The summed E-state index contributed by atoms with van der Waals surface area (Å²) in [4.78, 5) is 26.7. The maximum Gasteiger partial charge on any atom is 0.307 e. The van der Waals surface area contributed by atoms with Crippen LogP contribution in [-0.2, 0) is 9.59 Å². The Balaban J connectivity index is 1.75. The molecule has 0 bridgehead atoms. The third-order valence-corrected chi connectivity index (χ3v) is 3.31. The van der Waals surface area contributed by atoms with Gasteiger partial charge in [-0.15, -0.1) is 0 Å². The number of carbonyl (C=O) groups excluding carboxylic acids is 1. The van der Waals surface area contributed by atoms with Crippen molar-refractivity contribution in [3.05, 3.63) is 36.5 Å². The van der Waals surface area contributed by atoms with Crippen LogP contribution in [-0.4, -0.2) is 22.0 Å². The fourth-order valence-electron chi connectivity index (χ4n) is 2.15. The number of rotatable bonds is 3. The van der Waals surface area contributed by atoms with Crippen molar-refractivity contribution in [1.82, 2.24) is 4.98 Å². The van der Waals surface area contributed by atoms with Gasteiger partial charge in [-0.2, -0.15) is 0 Å². The van der Waals surface area contributed by atoms with Crippen molar-refractivity contribution in [3.63, 3.8) is 0 Å². The largest absolute Gasteiger partial charge is 0.481 e. The van der Waals surface area contributed by atoms with E-state index in [1.807, 2.05) is 24.3 Å². The van der Waals surface area contributed by atoms with E-state index in [0.717, 1.165) is 10.9 Å². The zero-order valence-corrected chi connectivity index (χ0v) is 10.0. The minimum absolute atomic E-state index is 0.226. The minimum Gasteiger partial charge on any atom is -0.481 e. The second kappa shape index (κ2) is 4.35. The van der Waals surface area contributed by atoms with Crippen LogP contribution in [0.15, 0.2) is 36.5 Å². The molecule has 2 atom stereocenters. The number of carboxylic acid groups (broad SMARTS) is 1. The molecule has 1 aromatic heterocycles. The van der Waals surface area contributed by atoms with Crippen molar-refractivity contribution >= 4 is 28.5 Å². The fraction of sp³-hybridized carbons (Fsp3) is 0.214. The number of carboxylic acids is 1. The molecule has 0 aliphatic heterocycles. The van der Waals surface area contributed by atoms with Gasteiger partial charge in [0.2, 0.25) is 5.91 Å². The molecule has 2 N–H and O–H groups in total. The van der Waals surface area contributed by atoms with Crippen LogP contribution in [0, 0.1) is 11.8 Å². The smallest absolute Gasteiger partial charge is 0.307 e. The summed E-state index contributed by atoms with van der Waals surface area (Å²) in [5, 5.41) is 12.5. The molecule has 1 saturated carbocycles. The molecule has 5 nitrogen and oxygen atoms in total. The fourth-order valence-corrected chi connectivity index (χ4v) is 2.15. The van der Waals surface area contributed by atoms with Crippen LogP contribution in [0.4, 0.5) is 5.69 Å². The number of amides is 1. The predicted molar refractivity (Wildman–Crippen MR) is 69.6 cm³/mol. The first-order chi connectivity index (χ1) is 9.15. The summed E-state index contributed by atoms with van der Waals surface area (Å²) in [6, 6.07) is 9.17. The number of fused-ring (bicyclic) bond motifs is 1. The number of nitrogens with one attached hydrogen (secondary N) is 1. The number of aliphatic carboxylic acids is 1. The maximum absolute atomic E-state index is 11.8. The summed E-state index contributed by atoms with van der Waals surface area (Å²) in [6.45, 7) is 0. The zero-order valence-electron chi connectivity index (χ0n) is 10.0. The van der Waals surface area contributed by atoms with Crippen LogP contribution in [0.2, 0.25) is 0 Å². The first-order valence-electron chi connectivity index (χ1n) is 6.03. The first kappa shape index (κ1) is 11.6. The van der Waals surface area contributed by atoms with E-state index in [1.54, 1.807) is 12.3 Å². The average Bonchev–Trinajstić information content (AvgIpc) is 3.19. The lowest BCUT2D eigenvalue weighted by molar-refractivity contribution is -0.139. The number of aromatic nitrogens is 1. The van der Waals surface area contributed by atoms with E-state index in [-0.39, 0.29) is 5.91 Å². The number of hydrogen-bond donors (Lipinski definition) is 2. The van der Waals surface area contributed by atoms with Gasteiger partial charge in [0.15, 0.2) is 0 Å². The van der Waals surface area contributed by atoms with Crippen molar-refractivity contribution in [2.75, 3.05) is 5.32 Å².